The highest BCUT2D eigenvalue weighted by Crippen LogP contribution is 2.43. The minimum Gasteiger partial charge on any atom is -0.481 e. The number of aromatic nitrogens is 2. The lowest BCUT2D eigenvalue weighted by Crippen LogP contribution is -2.41. The number of carboxylic acids is 1. The Balaban J connectivity index is 1.20. The van der Waals surface area contributed by atoms with Crippen molar-refractivity contribution in [3.8, 4) is 0 Å². The summed E-state index contributed by atoms with van der Waals surface area (Å²) < 4.78 is 13.0. The van der Waals surface area contributed by atoms with E-state index >= 15 is 0 Å². The lowest BCUT2D eigenvalue weighted by molar-refractivity contribution is -0.136. The van der Waals surface area contributed by atoms with Crippen molar-refractivity contribution in [3.63, 3.8) is 0 Å². The van der Waals surface area contributed by atoms with Crippen molar-refractivity contribution in [2.24, 2.45) is 5.41 Å². The molecular formula is C29H32ClN5O3S. The normalized spacial score (nSPS) is 20.2. The number of fused-ring (bicyclic) bond motifs is 1. The Kier molecular flexibility index (Phi) is 7.20. The summed E-state index contributed by atoms with van der Waals surface area (Å²) in [5, 5.41) is 13.2. The molecule has 0 bridgehead atoms. The predicted molar refractivity (Wildman–Crippen MR) is 155 cm³/mol. The van der Waals surface area contributed by atoms with Crippen molar-refractivity contribution in [1.82, 2.24) is 9.97 Å². The SMILES string of the molecule is O=C(O)Cc1ccc(Nc2nc(N3CCC4(CCN(c5ccc(Cl)cc5)CC4)C3)nc3c2[S@](=O)CCC3)cc1. The molecule has 0 radical (unpaired) electrons. The molecule has 2 N–H and O–H groups in total. The van der Waals surface area contributed by atoms with Gasteiger partial charge in [-0.25, -0.2) is 4.98 Å². The molecule has 2 fully saturated rings. The molecule has 3 aliphatic rings. The minimum atomic E-state index is -1.15. The van der Waals surface area contributed by atoms with Crippen molar-refractivity contribution in [3.05, 3.63) is 64.8 Å². The van der Waals surface area contributed by atoms with Gasteiger partial charge in [-0.05, 0) is 79.5 Å². The third-order valence-corrected chi connectivity index (χ3v) is 10.00. The summed E-state index contributed by atoms with van der Waals surface area (Å²) in [6.45, 7) is 3.87. The zero-order valence-electron chi connectivity index (χ0n) is 21.7. The zero-order valence-corrected chi connectivity index (χ0v) is 23.3. The second kappa shape index (κ2) is 10.8. The van der Waals surface area contributed by atoms with Crippen molar-refractivity contribution in [2.45, 2.75) is 43.4 Å². The molecule has 3 aromatic rings. The van der Waals surface area contributed by atoms with E-state index < -0.39 is 16.8 Å². The van der Waals surface area contributed by atoms with Crippen LogP contribution in [0.2, 0.25) is 5.02 Å². The van der Waals surface area contributed by atoms with Crippen LogP contribution in [0.5, 0.6) is 0 Å². The van der Waals surface area contributed by atoms with Crippen LogP contribution >= 0.6 is 11.6 Å². The van der Waals surface area contributed by atoms with Gasteiger partial charge in [-0.1, -0.05) is 23.7 Å². The number of nitrogens with zero attached hydrogens (tertiary/aromatic N) is 4. The fourth-order valence-corrected chi connectivity index (χ4v) is 7.47. The summed E-state index contributed by atoms with van der Waals surface area (Å²) in [7, 11) is -1.15. The summed E-state index contributed by atoms with van der Waals surface area (Å²) in [5.41, 5.74) is 3.85. The van der Waals surface area contributed by atoms with Gasteiger partial charge in [0.2, 0.25) is 5.95 Å². The Morgan fingerprint density at radius 2 is 1.69 bits per heavy atom. The van der Waals surface area contributed by atoms with Crippen molar-refractivity contribution in [2.75, 3.05) is 47.0 Å². The lowest BCUT2D eigenvalue weighted by Gasteiger charge is -2.40. The van der Waals surface area contributed by atoms with Gasteiger partial charge in [0.25, 0.3) is 0 Å². The number of halogens is 1. The minimum absolute atomic E-state index is 0.0223. The van der Waals surface area contributed by atoms with E-state index in [1.165, 1.54) is 5.69 Å². The number of aliphatic carboxylic acids is 1. The van der Waals surface area contributed by atoms with E-state index in [4.69, 9.17) is 26.7 Å². The smallest absolute Gasteiger partial charge is 0.307 e. The maximum Gasteiger partial charge on any atom is 0.307 e. The molecule has 1 aromatic heterocycles. The predicted octanol–water partition coefficient (Wildman–Crippen LogP) is 5.05. The first kappa shape index (κ1) is 26.1. The van der Waals surface area contributed by atoms with Gasteiger partial charge < -0.3 is 20.2 Å². The number of carboxylic acid groups (broad SMARTS) is 1. The quantitative estimate of drug-likeness (QED) is 0.428. The standard InChI is InChI=1S/C29H32ClN5O3S/c30-21-5-9-23(10-6-21)34-14-11-29(12-15-34)13-16-35(19-29)28-32-24-2-1-17-39(38)26(24)27(33-28)31-22-7-3-20(4-8-22)18-25(36)37/h3-10H,1-2,11-19H2,(H,36,37)(H,31,32,33)/t39-/m1/s1. The highest BCUT2D eigenvalue weighted by Gasteiger charge is 2.42. The van der Waals surface area contributed by atoms with Crippen LogP contribution < -0.4 is 15.1 Å². The number of carbonyl (C=O) groups is 1. The van der Waals surface area contributed by atoms with E-state index in [-0.39, 0.29) is 11.8 Å². The largest absolute Gasteiger partial charge is 0.481 e. The number of aryl methyl sites for hydroxylation is 1. The Labute approximate surface area is 235 Å². The number of rotatable bonds is 6. The lowest BCUT2D eigenvalue weighted by atomic mass is 9.77. The molecule has 3 aliphatic heterocycles. The van der Waals surface area contributed by atoms with Gasteiger partial charge in [-0.3, -0.25) is 9.00 Å². The molecule has 2 saturated heterocycles. The third-order valence-electron chi connectivity index (χ3n) is 8.20. The molecule has 0 unspecified atom stereocenters. The van der Waals surface area contributed by atoms with Crippen molar-refractivity contribution in [1.29, 1.82) is 0 Å². The molecule has 1 spiro atoms. The van der Waals surface area contributed by atoms with Gasteiger partial charge in [0.15, 0.2) is 5.82 Å². The molecule has 6 rings (SSSR count). The fraction of sp³-hybridized carbons (Fsp3) is 0.414. The Hall–Kier alpha value is -3.17. The van der Waals surface area contributed by atoms with Crippen LogP contribution in [0, 0.1) is 5.41 Å². The average molecular weight is 566 g/mol. The van der Waals surface area contributed by atoms with E-state index in [9.17, 15) is 9.00 Å². The van der Waals surface area contributed by atoms with Crippen molar-refractivity contribution < 1.29 is 14.1 Å². The third kappa shape index (κ3) is 5.61. The Morgan fingerprint density at radius 1 is 1.00 bits per heavy atom. The van der Waals surface area contributed by atoms with Crippen LogP contribution in [-0.4, -0.2) is 57.2 Å². The second-order valence-electron chi connectivity index (χ2n) is 10.8. The maximum absolute atomic E-state index is 13.0. The second-order valence-corrected chi connectivity index (χ2v) is 12.8. The molecule has 204 valence electrons. The number of hydrogen-bond donors (Lipinski definition) is 2. The van der Waals surface area contributed by atoms with Crippen molar-refractivity contribution >= 4 is 51.5 Å². The summed E-state index contributed by atoms with van der Waals surface area (Å²) in [6.07, 6.45) is 4.97. The molecule has 0 saturated carbocycles. The first-order valence-corrected chi connectivity index (χ1v) is 15.2. The molecule has 2 aromatic carbocycles. The average Bonchev–Trinajstić information content (AvgIpc) is 3.34. The highest BCUT2D eigenvalue weighted by atomic mass is 35.5. The van der Waals surface area contributed by atoms with Crippen LogP contribution in [0.3, 0.4) is 0 Å². The number of anilines is 4. The van der Waals surface area contributed by atoms with E-state index in [1.54, 1.807) is 12.1 Å². The number of nitrogens with one attached hydrogen (secondary N) is 1. The van der Waals surface area contributed by atoms with Gasteiger partial charge in [-0.2, -0.15) is 4.98 Å². The molecule has 0 amide bonds. The summed E-state index contributed by atoms with van der Waals surface area (Å²) in [5.74, 6) is 1.05. The van der Waals surface area contributed by atoms with Gasteiger partial charge >= 0.3 is 5.97 Å². The van der Waals surface area contributed by atoms with Crippen LogP contribution in [-0.2, 0) is 28.4 Å². The summed E-state index contributed by atoms with van der Waals surface area (Å²) in [6, 6.07) is 15.4. The monoisotopic (exact) mass is 565 g/mol. The molecule has 8 nitrogen and oxygen atoms in total. The van der Waals surface area contributed by atoms with Gasteiger partial charge in [0, 0.05) is 48.3 Å². The first-order chi connectivity index (χ1) is 18.9. The van der Waals surface area contributed by atoms with E-state index in [2.05, 4.69) is 27.2 Å². The van der Waals surface area contributed by atoms with Gasteiger partial charge in [-0.15, -0.1) is 0 Å². The van der Waals surface area contributed by atoms with E-state index in [0.29, 0.717) is 22.4 Å². The van der Waals surface area contributed by atoms with Crippen LogP contribution in [0.1, 0.15) is 36.9 Å². The number of piperidine rings is 1. The molecule has 1 atom stereocenters. The fourth-order valence-electron chi connectivity index (χ4n) is 6.01. The van der Waals surface area contributed by atoms with Crippen LogP contribution in [0.4, 0.5) is 23.1 Å². The Bertz CT molecular complexity index is 1390. The van der Waals surface area contributed by atoms with E-state index in [1.807, 2.05) is 24.3 Å². The topological polar surface area (TPSA) is 98.7 Å². The van der Waals surface area contributed by atoms with E-state index in [0.717, 1.165) is 80.3 Å². The molecule has 4 heterocycles. The summed E-state index contributed by atoms with van der Waals surface area (Å²) >= 11 is 6.08. The molecule has 39 heavy (non-hydrogen) atoms. The first-order valence-electron chi connectivity index (χ1n) is 13.5. The molecular weight excluding hydrogens is 534 g/mol. The molecule has 10 heteroatoms. The number of hydrogen-bond acceptors (Lipinski definition) is 7. The number of benzene rings is 2. The zero-order chi connectivity index (χ0) is 27.0. The van der Waals surface area contributed by atoms with Gasteiger partial charge in [0.1, 0.15) is 4.90 Å². The summed E-state index contributed by atoms with van der Waals surface area (Å²) in [4.78, 5) is 26.3. The Morgan fingerprint density at radius 3 is 2.38 bits per heavy atom. The van der Waals surface area contributed by atoms with Gasteiger partial charge in [0.05, 0.1) is 22.9 Å². The highest BCUT2D eigenvalue weighted by molar-refractivity contribution is 7.85. The maximum atomic E-state index is 13.0. The van der Waals surface area contributed by atoms with Crippen LogP contribution in [0.15, 0.2) is 53.4 Å². The van der Waals surface area contributed by atoms with Crippen LogP contribution in [0.25, 0.3) is 0 Å². The molecule has 0 aliphatic carbocycles.